The van der Waals surface area contributed by atoms with Gasteiger partial charge in [-0.15, -0.1) is 0 Å². The highest BCUT2D eigenvalue weighted by Crippen LogP contribution is 2.21. The molecule has 1 heterocycles. The van der Waals surface area contributed by atoms with E-state index in [4.69, 9.17) is 20.9 Å². The molecule has 1 saturated heterocycles. The Hall–Kier alpha value is -0.240. The normalized spacial score (nSPS) is 42.2. The Morgan fingerprint density at radius 2 is 1.93 bits per heavy atom. The summed E-state index contributed by atoms with van der Waals surface area (Å²) < 4.78 is 10.7. The highest BCUT2D eigenvalue weighted by molar-refractivity contribution is 4.92. The van der Waals surface area contributed by atoms with Gasteiger partial charge in [0.2, 0.25) is 0 Å². The molecule has 1 rings (SSSR count). The molecule has 0 aromatic rings. The minimum atomic E-state index is -1.07. The van der Waals surface area contributed by atoms with Crippen molar-refractivity contribution in [3.63, 3.8) is 0 Å². The lowest BCUT2D eigenvalue weighted by molar-refractivity contribution is -0.266. The van der Waals surface area contributed by atoms with Gasteiger partial charge < -0.3 is 31.2 Å². The summed E-state index contributed by atoms with van der Waals surface area (Å²) in [6, 6.07) is -0.759. The number of nitrogens with two attached hydrogens (primary N) is 2. The molecule has 0 aromatic carbocycles. The van der Waals surface area contributed by atoms with E-state index in [0.29, 0.717) is 0 Å². The van der Waals surface area contributed by atoms with E-state index >= 15 is 0 Å². The van der Waals surface area contributed by atoms with E-state index in [1.54, 1.807) is 0 Å². The minimum Gasteiger partial charge on any atom is -0.388 e. The summed E-state index contributed by atoms with van der Waals surface area (Å²) in [6.45, 7) is 3.79. The van der Waals surface area contributed by atoms with Crippen molar-refractivity contribution in [2.24, 2.45) is 11.5 Å². The van der Waals surface area contributed by atoms with Gasteiger partial charge >= 0.3 is 0 Å². The molecule has 0 spiro atoms. The van der Waals surface area contributed by atoms with E-state index in [1.165, 1.54) is 0 Å². The van der Waals surface area contributed by atoms with Gasteiger partial charge in [0, 0.05) is 6.54 Å². The maximum absolute atomic E-state index is 9.64. The third-order valence-electron chi connectivity index (χ3n) is 2.39. The van der Waals surface area contributed by atoms with Gasteiger partial charge in [-0.1, -0.05) is 0 Å². The molecule has 6 N–H and O–H groups in total. The Labute approximate surface area is 89.1 Å². The lowest BCUT2D eigenvalue weighted by Gasteiger charge is -2.41. The standard InChI is InChI=1S/C9H20N2O4/c1-4(2)14-9-6(11)8(13)7(12)5(3-10)15-9/h4-9,12-13H,3,10-11H2,1-2H3/t5?,6?,7-,8?,9+/m1/s1. The van der Waals surface area contributed by atoms with Crippen LogP contribution in [0.1, 0.15) is 13.8 Å². The summed E-state index contributed by atoms with van der Waals surface area (Å²) in [7, 11) is 0. The fraction of sp³-hybridized carbons (Fsp3) is 1.00. The number of aliphatic hydroxyl groups is 2. The van der Waals surface area contributed by atoms with E-state index in [-0.39, 0.29) is 12.6 Å². The molecule has 5 atom stereocenters. The number of aliphatic hydroxyl groups excluding tert-OH is 2. The van der Waals surface area contributed by atoms with Crippen molar-refractivity contribution < 1.29 is 19.7 Å². The third-order valence-corrected chi connectivity index (χ3v) is 2.39. The predicted molar refractivity (Wildman–Crippen MR) is 53.9 cm³/mol. The van der Waals surface area contributed by atoms with E-state index in [9.17, 15) is 10.2 Å². The SMILES string of the molecule is CC(C)O[C@H]1OC(CN)[C@@H](O)C(O)C1N. The van der Waals surface area contributed by atoms with Crippen LogP contribution in [0.4, 0.5) is 0 Å². The zero-order valence-corrected chi connectivity index (χ0v) is 9.04. The Bertz CT molecular complexity index is 201. The van der Waals surface area contributed by atoms with Gasteiger partial charge in [0.25, 0.3) is 0 Å². The second-order valence-corrected chi connectivity index (χ2v) is 4.02. The smallest absolute Gasteiger partial charge is 0.176 e. The second kappa shape index (κ2) is 5.20. The highest BCUT2D eigenvalue weighted by Gasteiger charge is 2.42. The molecule has 90 valence electrons. The van der Waals surface area contributed by atoms with Crippen LogP contribution in [-0.4, -0.2) is 53.5 Å². The number of rotatable bonds is 3. The molecule has 0 bridgehead atoms. The summed E-state index contributed by atoms with van der Waals surface area (Å²) in [5.74, 6) is 0. The van der Waals surface area contributed by atoms with Crippen LogP contribution in [0.5, 0.6) is 0 Å². The largest absolute Gasteiger partial charge is 0.388 e. The van der Waals surface area contributed by atoms with Crippen LogP contribution in [0.2, 0.25) is 0 Å². The summed E-state index contributed by atoms with van der Waals surface area (Å²) in [5.41, 5.74) is 11.1. The van der Waals surface area contributed by atoms with Gasteiger partial charge in [0.15, 0.2) is 6.29 Å². The van der Waals surface area contributed by atoms with Crippen LogP contribution in [0.3, 0.4) is 0 Å². The topological polar surface area (TPSA) is 111 Å². The first-order valence-electron chi connectivity index (χ1n) is 5.10. The lowest BCUT2D eigenvalue weighted by Crippen LogP contribution is -2.63. The van der Waals surface area contributed by atoms with Gasteiger partial charge in [0.1, 0.15) is 18.3 Å². The summed E-state index contributed by atoms with van der Waals surface area (Å²) in [5, 5.41) is 19.2. The second-order valence-electron chi connectivity index (χ2n) is 4.02. The zero-order valence-electron chi connectivity index (χ0n) is 9.04. The quantitative estimate of drug-likeness (QED) is 0.444. The van der Waals surface area contributed by atoms with Gasteiger partial charge in [-0.2, -0.15) is 0 Å². The van der Waals surface area contributed by atoms with Crippen LogP contribution in [0, 0.1) is 0 Å². The first-order chi connectivity index (χ1) is 6.97. The molecule has 6 nitrogen and oxygen atoms in total. The lowest BCUT2D eigenvalue weighted by atomic mass is 9.97. The monoisotopic (exact) mass is 220 g/mol. The molecular formula is C9H20N2O4. The summed E-state index contributed by atoms with van der Waals surface area (Å²) in [4.78, 5) is 0. The van der Waals surface area contributed by atoms with Gasteiger partial charge in [-0.25, -0.2) is 0 Å². The van der Waals surface area contributed by atoms with Crippen LogP contribution in [0.25, 0.3) is 0 Å². The van der Waals surface area contributed by atoms with Crippen LogP contribution in [-0.2, 0) is 9.47 Å². The fourth-order valence-corrected chi connectivity index (χ4v) is 1.54. The maximum Gasteiger partial charge on any atom is 0.176 e. The van der Waals surface area contributed by atoms with E-state index in [0.717, 1.165) is 0 Å². The van der Waals surface area contributed by atoms with Crippen molar-refractivity contribution in [2.45, 2.75) is 50.6 Å². The van der Waals surface area contributed by atoms with Crippen molar-refractivity contribution in [1.82, 2.24) is 0 Å². The molecule has 0 radical (unpaired) electrons. The molecule has 0 amide bonds. The first-order valence-corrected chi connectivity index (χ1v) is 5.10. The Morgan fingerprint density at radius 3 is 2.40 bits per heavy atom. The number of hydrogen-bond donors (Lipinski definition) is 4. The van der Waals surface area contributed by atoms with Crippen LogP contribution >= 0.6 is 0 Å². The highest BCUT2D eigenvalue weighted by atomic mass is 16.7. The molecular weight excluding hydrogens is 200 g/mol. The Morgan fingerprint density at radius 1 is 1.33 bits per heavy atom. The molecule has 1 aliphatic rings. The average Bonchev–Trinajstić information content (AvgIpc) is 2.18. The molecule has 15 heavy (non-hydrogen) atoms. The molecule has 3 unspecified atom stereocenters. The first kappa shape index (κ1) is 12.8. The van der Waals surface area contributed by atoms with Crippen LogP contribution in [0.15, 0.2) is 0 Å². The van der Waals surface area contributed by atoms with Crippen molar-refractivity contribution in [3.8, 4) is 0 Å². The van der Waals surface area contributed by atoms with Crippen LogP contribution < -0.4 is 11.5 Å². The number of ether oxygens (including phenoxy) is 2. The fourth-order valence-electron chi connectivity index (χ4n) is 1.54. The molecule has 0 aromatic heterocycles. The van der Waals surface area contributed by atoms with Crippen molar-refractivity contribution in [3.05, 3.63) is 0 Å². The van der Waals surface area contributed by atoms with Gasteiger partial charge in [0.05, 0.1) is 12.1 Å². The molecule has 0 saturated carbocycles. The molecule has 6 heteroatoms. The molecule has 1 aliphatic heterocycles. The maximum atomic E-state index is 9.64. The Balaban J connectivity index is 2.65. The van der Waals surface area contributed by atoms with Crippen molar-refractivity contribution >= 4 is 0 Å². The predicted octanol–water partition coefficient (Wildman–Crippen LogP) is -1.86. The number of hydrogen-bond acceptors (Lipinski definition) is 6. The van der Waals surface area contributed by atoms with E-state index < -0.39 is 30.6 Å². The Kier molecular flexibility index (Phi) is 4.45. The zero-order chi connectivity index (χ0) is 11.6. The van der Waals surface area contributed by atoms with E-state index in [1.807, 2.05) is 13.8 Å². The summed E-state index contributed by atoms with van der Waals surface area (Å²) >= 11 is 0. The molecule has 0 aliphatic carbocycles. The van der Waals surface area contributed by atoms with Gasteiger partial charge in [-0.05, 0) is 13.8 Å². The van der Waals surface area contributed by atoms with E-state index in [2.05, 4.69) is 0 Å². The summed E-state index contributed by atoms with van der Waals surface area (Å²) in [6.07, 6.45) is -3.56. The average molecular weight is 220 g/mol. The minimum absolute atomic E-state index is 0.0677. The third kappa shape index (κ3) is 2.87. The molecule has 1 fully saturated rings. The van der Waals surface area contributed by atoms with Gasteiger partial charge in [-0.3, -0.25) is 0 Å². The van der Waals surface area contributed by atoms with Crippen molar-refractivity contribution in [2.75, 3.05) is 6.54 Å². The van der Waals surface area contributed by atoms with Crippen molar-refractivity contribution in [1.29, 1.82) is 0 Å².